The predicted octanol–water partition coefficient (Wildman–Crippen LogP) is 4.10. The third-order valence-electron chi connectivity index (χ3n) is 4.01. The lowest BCUT2D eigenvalue weighted by atomic mass is 10.2. The van der Waals surface area contributed by atoms with Crippen LogP contribution in [0.3, 0.4) is 0 Å². The fraction of sp³-hybridized carbons (Fsp3) is 0.111. The van der Waals surface area contributed by atoms with Gasteiger partial charge in [0, 0.05) is 5.69 Å². The smallest absolute Gasteiger partial charge is 0.433 e. The van der Waals surface area contributed by atoms with E-state index in [1.165, 1.54) is 30.5 Å². The van der Waals surface area contributed by atoms with Crippen molar-refractivity contribution >= 4 is 17.4 Å². The molecule has 3 aromatic heterocycles. The van der Waals surface area contributed by atoms with Gasteiger partial charge in [-0.15, -0.1) is 5.10 Å². The molecule has 0 bridgehead atoms. The zero-order chi connectivity index (χ0) is 20.8. The van der Waals surface area contributed by atoms with Crippen molar-refractivity contribution in [2.24, 2.45) is 0 Å². The van der Waals surface area contributed by atoms with Gasteiger partial charge in [-0.2, -0.15) is 22.7 Å². The average Bonchev–Trinajstić information content (AvgIpc) is 3.32. The number of carbonyl (C=O) groups is 1. The van der Waals surface area contributed by atoms with Crippen LogP contribution < -0.4 is 5.32 Å². The van der Waals surface area contributed by atoms with Crippen LogP contribution in [0, 0.1) is 12.7 Å². The molecule has 4 rings (SSSR count). The Labute approximate surface area is 160 Å². The number of benzene rings is 1. The van der Waals surface area contributed by atoms with E-state index in [0.717, 1.165) is 12.1 Å². The van der Waals surface area contributed by atoms with Crippen molar-refractivity contribution in [2.75, 3.05) is 5.32 Å². The zero-order valence-corrected chi connectivity index (χ0v) is 14.7. The van der Waals surface area contributed by atoms with Gasteiger partial charge < -0.3 is 9.73 Å². The van der Waals surface area contributed by atoms with Gasteiger partial charge in [-0.3, -0.25) is 4.79 Å². The first-order chi connectivity index (χ1) is 13.7. The molecule has 0 saturated carbocycles. The molecule has 7 nitrogen and oxygen atoms in total. The van der Waals surface area contributed by atoms with Gasteiger partial charge in [0.25, 0.3) is 11.7 Å². The van der Waals surface area contributed by atoms with Gasteiger partial charge in [-0.05, 0) is 42.8 Å². The van der Waals surface area contributed by atoms with Crippen molar-refractivity contribution in [1.29, 1.82) is 0 Å². The van der Waals surface area contributed by atoms with E-state index in [0.29, 0.717) is 10.1 Å². The van der Waals surface area contributed by atoms with Crippen LogP contribution in [-0.2, 0) is 6.18 Å². The SMILES string of the molecule is Cc1ccc(NC(=O)c2nc3nc(-c4ccco4)cc(C(F)(F)F)n3n2)cc1F. The summed E-state index contributed by atoms with van der Waals surface area (Å²) >= 11 is 0. The van der Waals surface area contributed by atoms with Crippen molar-refractivity contribution in [3.05, 3.63) is 65.6 Å². The number of alkyl halides is 3. The van der Waals surface area contributed by atoms with Gasteiger partial charge in [-0.25, -0.2) is 9.37 Å². The van der Waals surface area contributed by atoms with Crippen molar-refractivity contribution in [3.63, 3.8) is 0 Å². The number of rotatable bonds is 3. The number of hydrogen-bond acceptors (Lipinski definition) is 5. The second-order valence-corrected chi connectivity index (χ2v) is 6.07. The molecule has 0 aliphatic carbocycles. The second kappa shape index (κ2) is 6.69. The Hall–Kier alpha value is -3.76. The Balaban J connectivity index is 1.76. The summed E-state index contributed by atoms with van der Waals surface area (Å²) in [6, 6.07) is 7.66. The average molecular weight is 405 g/mol. The van der Waals surface area contributed by atoms with Gasteiger partial charge >= 0.3 is 6.18 Å². The summed E-state index contributed by atoms with van der Waals surface area (Å²) in [7, 11) is 0. The van der Waals surface area contributed by atoms with Crippen LogP contribution in [0.4, 0.5) is 23.2 Å². The Morgan fingerprint density at radius 3 is 2.62 bits per heavy atom. The van der Waals surface area contributed by atoms with E-state index >= 15 is 0 Å². The molecule has 0 atom stereocenters. The maximum absolute atomic E-state index is 13.6. The summed E-state index contributed by atoms with van der Waals surface area (Å²) in [4.78, 5) is 20.1. The molecule has 0 aliphatic rings. The molecule has 3 heterocycles. The second-order valence-electron chi connectivity index (χ2n) is 6.07. The van der Waals surface area contributed by atoms with Crippen molar-refractivity contribution < 1.29 is 26.8 Å². The lowest BCUT2D eigenvalue weighted by molar-refractivity contribution is -0.142. The third-order valence-corrected chi connectivity index (χ3v) is 4.01. The number of amides is 1. The normalized spacial score (nSPS) is 11.8. The molecule has 4 aromatic rings. The number of hydrogen-bond donors (Lipinski definition) is 1. The maximum Gasteiger partial charge on any atom is 0.433 e. The number of aromatic nitrogens is 4. The summed E-state index contributed by atoms with van der Waals surface area (Å²) in [5.74, 6) is -2.35. The molecule has 11 heteroatoms. The van der Waals surface area contributed by atoms with E-state index in [1.807, 2.05) is 0 Å². The first kappa shape index (κ1) is 18.6. The fourth-order valence-electron chi connectivity index (χ4n) is 2.57. The van der Waals surface area contributed by atoms with Crippen molar-refractivity contribution in [2.45, 2.75) is 13.1 Å². The van der Waals surface area contributed by atoms with Gasteiger partial charge in [0.15, 0.2) is 11.5 Å². The minimum absolute atomic E-state index is 0.0992. The summed E-state index contributed by atoms with van der Waals surface area (Å²) < 4.78 is 59.6. The number of nitrogens with one attached hydrogen (secondary N) is 1. The maximum atomic E-state index is 13.6. The van der Waals surface area contributed by atoms with E-state index in [9.17, 15) is 22.4 Å². The van der Waals surface area contributed by atoms with Crippen LogP contribution in [0.15, 0.2) is 47.1 Å². The molecule has 0 saturated heterocycles. The minimum atomic E-state index is -4.79. The number of anilines is 1. The van der Waals surface area contributed by atoms with Crippen molar-refractivity contribution in [3.8, 4) is 11.5 Å². The van der Waals surface area contributed by atoms with Crippen LogP contribution in [0.5, 0.6) is 0 Å². The molecular formula is C18H11F4N5O2. The summed E-state index contributed by atoms with van der Waals surface area (Å²) in [5, 5.41) is 5.97. The molecule has 1 N–H and O–H groups in total. The molecule has 0 unspecified atom stereocenters. The minimum Gasteiger partial charge on any atom is -0.463 e. The summed E-state index contributed by atoms with van der Waals surface area (Å²) in [6.07, 6.45) is -3.50. The molecule has 148 valence electrons. The molecule has 1 amide bonds. The molecule has 1 aromatic carbocycles. The van der Waals surface area contributed by atoms with Crippen LogP contribution in [0.1, 0.15) is 21.9 Å². The van der Waals surface area contributed by atoms with Gasteiger partial charge in [0.2, 0.25) is 5.82 Å². The number of nitrogens with zero attached hydrogens (tertiary/aromatic N) is 4. The molecule has 0 radical (unpaired) electrons. The van der Waals surface area contributed by atoms with E-state index in [4.69, 9.17) is 4.42 Å². The Kier molecular flexibility index (Phi) is 4.29. The Morgan fingerprint density at radius 1 is 1.17 bits per heavy atom. The van der Waals surface area contributed by atoms with E-state index < -0.39 is 35.2 Å². The van der Waals surface area contributed by atoms with Crippen LogP contribution in [0.25, 0.3) is 17.2 Å². The lowest BCUT2D eigenvalue weighted by Gasteiger charge is -2.09. The standard InChI is InChI=1S/C18H11F4N5O2/c1-9-4-5-10(7-11(9)19)23-16(28)15-25-17-24-12(13-3-2-6-29-13)8-14(18(20,21)22)27(17)26-15/h2-8H,1H3,(H,23,28). The molecule has 0 fully saturated rings. The monoisotopic (exact) mass is 405 g/mol. The van der Waals surface area contributed by atoms with Crippen LogP contribution in [0.2, 0.25) is 0 Å². The topological polar surface area (TPSA) is 85.3 Å². The predicted molar refractivity (Wildman–Crippen MR) is 92.6 cm³/mol. The molecule has 29 heavy (non-hydrogen) atoms. The number of furan rings is 1. The van der Waals surface area contributed by atoms with Gasteiger partial charge in [0.05, 0.1) is 6.26 Å². The van der Waals surface area contributed by atoms with Crippen LogP contribution >= 0.6 is 0 Å². The number of aryl methyl sites for hydroxylation is 1. The quantitative estimate of drug-likeness (QED) is 0.519. The summed E-state index contributed by atoms with van der Waals surface area (Å²) in [5.41, 5.74) is -0.813. The lowest BCUT2D eigenvalue weighted by Crippen LogP contribution is -2.16. The third kappa shape index (κ3) is 3.53. The van der Waals surface area contributed by atoms with Gasteiger partial charge in [0.1, 0.15) is 11.5 Å². The molecule has 0 spiro atoms. The number of fused-ring (bicyclic) bond motifs is 1. The van der Waals surface area contributed by atoms with Crippen LogP contribution in [-0.4, -0.2) is 25.5 Å². The molecular weight excluding hydrogens is 394 g/mol. The van der Waals surface area contributed by atoms with Crippen molar-refractivity contribution in [1.82, 2.24) is 19.6 Å². The highest BCUT2D eigenvalue weighted by Gasteiger charge is 2.36. The molecule has 0 aliphatic heterocycles. The van der Waals surface area contributed by atoms with Gasteiger partial charge in [-0.1, -0.05) is 6.07 Å². The fourth-order valence-corrected chi connectivity index (χ4v) is 2.57. The number of carbonyl (C=O) groups excluding carboxylic acids is 1. The van der Waals surface area contributed by atoms with E-state index in [1.54, 1.807) is 6.92 Å². The summed E-state index contributed by atoms with van der Waals surface area (Å²) in [6.45, 7) is 1.55. The van der Waals surface area contributed by atoms with E-state index in [-0.39, 0.29) is 17.1 Å². The first-order valence-electron chi connectivity index (χ1n) is 8.19. The number of halogens is 4. The zero-order valence-electron chi connectivity index (χ0n) is 14.7. The Bertz CT molecular complexity index is 1220. The highest BCUT2D eigenvalue weighted by molar-refractivity contribution is 6.01. The Morgan fingerprint density at radius 2 is 1.97 bits per heavy atom. The highest BCUT2D eigenvalue weighted by atomic mass is 19.4. The largest absolute Gasteiger partial charge is 0.463 e. The van der Waals surface area contributed by atoms with E-state index in [2.05, 4.69) is 20.4 Å². The highest BCUT2D eigenvalue weighted by Crippen LogP contribution is 2.32. The first-order valence-corrected chi connectivity index (χ1v) is 8.19.